The van der Waals surface area contributed by atoms with Crippen molar-refractivity contribution in [3.05, 3.63) is 70.5 Å². The number of fused-ring (bicyclic) bond motifs is 2. The van der Waals surface area contributed by atoms with E-state index in [9.17, 15) is 14.0 Å². The molecule has 0 atom stereocenters. The number of nitrogens with zero attached hydrogens (tertiary/aromatic N) is 5. The Kier molecular flexibility index (Phi) is 5.22. The average molecular weight is 432 g/mol. The molecule has 0 aliphatic carbocycles. The predicted octanol–water partition coefficient (Wildman–Crippen LogP) is 3.16. The maximum absolute atomic E-state index is 14.7. The fraction of sp³-hybridized carbons (Fsp3) is 0.261. The third-order valence-electron chi connectivity index (χ3n) is 5.66. The molecule has 0 fully saturated rings. The van der Waals surface area contributed by atoms with Crippen LogP contribution in [-0.4, -0.2) is 30.5 Å². The van der Waals surface area contributed by atoms with Crippen LogP contribution in [0.25, 0.3) is 22.3 Å². The van der Waals surface area contributed by atoms with E-state index in [1.165, 1.54) is 23.0 Å². The Morgan fingerprint density at radius 2 is 1.97 bits per heavy atom. The van der Waals surface area contributed by atoms with Crippen molar-refractivity contribution in [2.24, 2.45) is 0 Å². The normalized spacial score (nSPS) is 13.5. The van der Waals surface area contributed by atoms with E-state index in [1.54, 1.807) is 30.3 Å². The van der Waals surface area contributed by atoms with Crippen LogP contribution >= 0.6 is 0 Å². The minimum atomic E-state index is -0.421. The first-order valence-electron chi connectivity index (χ1n) is 10.6. The summed E-state index contributed by atoms with van der Waals surface area (Å²) in [5, 5.41) is 15.8. The molecule has 0 spiro atoms. The molecule has 1 N–H and O–H groups in total. The Hall–Kier alpha value is -3.88. The SMILES string of the molecule is O=C(Cn1ncc(=O)c2ccccc21)Nc1ccc(F)c(-c2nnc3n2CCCCC3)c1. The number of aryl methyl sites for hydroxylation is 1. The van der Waals surface area contributed by atoms with Crippen LogP contribution < -0.4 is 10.7 Å². The van der Waals surface area contributed by atoms with E-state index < -0.39 is 5.82 Å². The molecule has 0 bridgehead atoms. The lowest BCUT2D eigenvalue weighted by Gasteiger charge is -2.12. The molecule has 1 aliphatic heterocycles. The van der Waals surface area contributed by atoms with E-state index in [4.69, 9.17) is 0 Å². The van der Waals surface area contributed by atoms with Gasteiger partial charge in [0.05, 0.1) is 17.3 Å². The molecular weight excluding hydrogens is 411 g/mol. The van der Waals surface area contributed by atoms with Crippen molar-refractivity contribution >= 4 is 22.5 Å². The average Bonchev–Trinajstić information content (AvgIpc) is 3.04. The number of amides is 1. The van der Waals surface area contributed by atoms with Crippen molar-refractivity contribution in [1.82, 2.24) is 24.5 Å². The lowest BCUT2D eigenvalue weighted by molar-refractivity contribution is -0.116. The summed E-state index contributed by atoms with van der Waals surface area (Å²) in [6.45, 7) is 0.659. The first-order valence-corrected chi connectivity index (χ1v) is 10.6. The number of hydrogen-bond acceptors (Lipinski definition) is 5. The number of aromatic nitrogens is 5. The first-order chi connectivity index (χ1) is 15.6. The molecule has 162 valence electrons. The minimum absolute atomic E-state index is 0.0895. The van der Waals surface area contributed by atoms with Crippen molar-refractivity contribution in [1.29, 1.82) is 0 Å². The quantitative estimate of drug-likeness (QED) is 0.535. The van der Waals surface area contributed by atoms with E-state index in [-0.39, 0.29) is 17.9 Å². The fourth-order valence-electron chi connectivity index (χ4n) is 4.08. The van der Waals surface area contributed by atoms with Crippen molar-refractivity contribution in [3.8, 4) is 11.4 Å². The number of carbonyl (C=O) groups is 1. The summed E-state index contributed by atoms with van der Waals surface area (Å²) < 4.78 is 18.1. The largest absolute Gasteiger partial charge is 0.324 e. The van der Waals surface area contributed by atoms with E-state index in [2.05, 4.69) is 20.6 Å². The zero-order chi connectivity index (χ0) is 22.1. The molecular formula is C23H21FN6O2. The van der Waals surface area contributed by atoms with Crippen LogP contribution in [0.5, 0.6) is 0 Å². The predicted molar refractivity (Wildman–Crippen MR) is 118 cm³/mol. The molecule has 0 unspecified atom stereocenters. The molecule has 0 saturated heterocycles. The van der Waals surface area contributed by atoms with E-state index >= 15 is 0 Å². The van der Waals surface area contributed by atoms with E-state index in [1.807, 2.05) is 4.57 Å². The number of para-hydroxylation sites is 1. The van der Waals surface area contributed by atoms with Gasteiger partial charge in [-0.15, -0.1) is 10.2 Å². The molecule has 5 rings (SSSR count). The van der Waals surface area contributed by atoms with Gasteiger partial charge < -0.3 is 9.88 Å². The van der Waals surface area contributed by atoms with Crippen LogP contribution in [0.15, 0.2) is 53.5 Å². The van der Waals surface area contributed by atoms with Crippen LogP contribution in [0.3, 0.4) is 0 Å². The highest BCUT2D eigenvalue weighted by Crippen LogP contribution is 2.27. The summed E-state index contributed by atoms with van der Waals surface area (Å²) in [6.07, 6.45) is 5.17. The number of benzene rings is 2. The molecule has 8 nitrogen and oxygen atoms in total. The van der Waals surface area contributed by atoms with Crippen LogP contribution in [0, 0.1) is 5.82 Å². The second kappa shape index (κ2) is 8.33. The molecule has 32 heavy (non-hydrogen) atoms. The number of anilines is 1. The minimum Gasteiger partial charge on any atom is -0.324 e. The summed E-state index contributed by atoms with van der Waals surface area (Å²) in [4.78, 5) is 24.7. The second-order valence-electron chi connectivity index (χ2n) is 7.83. The Bertz CT molecular complexity index is 1380. The molecule has 0 saturated carbocycles. The van der Waals surface area contributed by atoms with Gasteiger partial charge in [-0.3, -0.25) is 14.3 Å². The highest BCUT2D eigenvalue weighted by atomic mass is 19.1. The molecule has 4 aromatic rings. The maximum Gasteiger partial charge on any atom is 0.246 e. The lowest BCUT2D eigenvalue weighted by atomic mass is 10.1. The fourth-order valence-corrected chi connectivity index (χ4v) is 4.08. The highest BCUT2D eigenvalue weighted by molar-refractivity contribution is 5.92. The number of rotatable bonds is 4. The molecule has 3 heterocycles. The molecule has 2 aromatic heterocycles. The van der Waals surface area contributed by atoms with Crippen molar-refractivity contribution < 1.29 is 9.18 Å². The third-order valence-corrected chi connectivity index (χ3v) is 5.66. The van der Waals surface area contributed by atoms with Gasteiger partial charge in [-0.2, -0.15) is 5.10 Å². The van der Waals surface area contributed by atoms with Gasteiger partial charge in [-0.25, -0.2) is 4.39 Å². The molecule has 2 aromatic carbocycles. The zero-order valence-corrected chi connectivity index (χ0v) is 17.3. The van der Waals surface area contributed by atoms with Gasteiger partial charge in [0.15, 0.2) is 5.82 Å². The lowest BCUT2D eigenvalue weighted by Crippen LogP contribution is -2.22. The van der Waals surface area contributed by atoms with Crippen molar-refractivity contribution in [3.63, 3.8) is 0 Å². The summed E-state index contributed by atoms with van der Waals surface area (Å²) in [6, 6.07) is 11.4. The van der Waals surface area contributed by atoms with Crippen LogP contribution in [0.1, 0.15) is 25.1 Å². The van der Waals surface area contributed by atoms with Gasteiger partial charge >= 0.3 is 0 Å². The summed E-state index contributed by atoms with van der Waals surface area (Å²) in [7, 11) is 0. The van der Waals surface area contributed by atoms with Gasteiger partial charge in [0.2, 0.25) is 11.3 Å². The molecule has 9 heteroatoms. The summed E-state index contributed by atoms with van der Waals surface area (Å²) >= 11 is 0. The smallest absolute Gasteiger partial charge is 0.246 e. The third kappa shape index (κ3) is 3.77. The van der Waals surface area contributed by atoms with Gasteiger partial charge in [0.25, 0.3) is 0 Å². The number of halogens is 1. The van der Waals surface area contributed by atoms with Crippen molar-refractivity contribution in [2.75, 3.05) is 5.32 Å². The molecule has 1 aliphatic rings. The van der Waals surface area contributed by atoms with Gasteiger partial charge in [-0.05, 0) is 43.2 Å². The second-order valence-corrected chi connectivity index (χ2v) is 7.83. The van der Waals surface area contributed by atoms with Crippen LogP contribution in [0.2, 0.25) is 0 Å². The monoisotopic (exact) mass is 432 g/mol. The molecule has 1 amide bonds. The van der Waals surface area contributed by atoms with Gasteiger partial charge in [0.1, 0.15) is 18.2 Å². The Morgan fingerprint density at radius 3 is 2.88 bits per heavy atom. The van der Waals surface area contributed by atoms with E-state index in [0.717, 1.165) is 38.1 Å². The number of nitrogens with one attached hydrogen (secondary N) is 1. The number of hydrogen-bond donors (Lipinski definition) is 1. The Morgan fingerprint density at radius 1 is 1.09 bits per heavy atom. The number of carbonyl (C=O) groups excluding carboxylic acids is 1. The zero-order valence-electron chi connectivity index (χ0n) is 17.3. The standard InChI is InChI=1S/C23H21FN6O2/c24-18-10-9-15(12-17(18)23-28-27-21-8-2-1-5-11-29(21)23)26-22(32)14-30-19-7-4-3-6-16(19)20(31)13-25-30/h3-4,6-7,9-10,12-13H,1-2,5,8,11,14H2,(H,26,32). The first kappa shape index (κ1) is 20.0. The topological polar surface area (TPSA) is 94.7 Å². The van der Waals surface area contributed by atoms with Gasteiger partial charge in [0, 0.05) is 24.0 Å². The Labute approximate surface area is 182 Å². The van der Waals surface area contributed by atoms with E-state index in [0.29, 0.717) is 28.0 Å². The van der Waals surface area contributed by atoms with Gasteiger partial charge in [-0.1, -0.05) is 18.6 Å². The van der Waals surface area contributed by atoms with Crippen LogP contribution in [-0.2, 0) is 24.3 Å². The summed E-state index contributed by atoms with van der Waals surface area (Å²) in [5.74, 6) is 0.575. The molecule has 0 radical (unpaired) electrons. The van der Waals surface area contributed by atoms with Crippen molar-refractivity contribution in [2.45, 2.75) is 38.8 Å². The summed E-state index contributed by atoms with van der Waals surface area (Å²) in [5.41, 5.74) is 1.12. The highest BCUT2D eigenvalue weighted by Gasteiger charge is 2.19. The van der Waals surface area contributed by atoms with Crippen LogP contribution in [0.4, 0.5) is 10.1 Å². The Balaban J connectivity index is 1.41. The maximum atomic E-state index is 14.7.